The molecule has 11 nitrogen and oxygen atoms in total. The molecule has 0 bridgehead atoms. The lowest BCUT2D eigenvalue weighted by Crippen LogP contribution is -2.37. The second kappa shape index (κ2) is 8.88. The summed E-state index contributed by atoms with van der Waals surface area (Å²) in [5.41, 5.74) is 0.540. The number of carboxylic acid groups (broad SMARTS) is 2. The second-order valence-electron chi connectivity index (χ2n) is 5.16. The highest BCUT2D eigenvalue weighted by Crippen LogP contribution is 2.38. The number of carbonyl (C=O) groups is 2. The molecule has 0 fully saturated rings. The second-order valence-corrected chi connectivity index (χ2v) is 6.40. The fourth-order valence-electron chi connectivity index (χ4n) is 1.97. The van der Waals surface area contributed by atoms with Crippen LogP contribution >= 0.6 is 7.82 Å². The predicted octanol–water partition coefficient (Wildman–Crippen LogP) is 0.113. The van der Waals surface area contributed by atoms with Crippen molar-refractivity contribution in [2.45, 2.75) is 39.0 Å². The van der Waals surface area contributed by atoms with Gasteiger partial charge in [-0.1, -0.05) is 0 Å². The molecule has 12 heteroatoms. The summed E-state index contributed by atoms with van der Waals surface area (Å²) in [5, 5.41) is 30.4. The Bertz CT molecular complexity index is 688. The Morgan fingerprint density at radius 3 is 2.52 bits per heavy atom. The van der Waals surface area contributed by atoms with E-state index in [1.165, 1.54) is 13.1 Å². The highest BCUT2D eigenvalue weighted by molar-refractivity contribution is 7.46. The molecule has 0 radical (unpaired) electrons. The van der Waals surface area contributed by atoms with Gasteiger partial charge in [-0.15, -0.1) is 0 Å². The minimum absolute atomic E-state index is 0.154. The van der Waals surface area contributed by atoms with E-state index >= 15 is 0 Å². The molecule has 1 atom stereocenters. The summed E-state index contributed by atoms with van der Waals surface area (Å²) < 4.78 is 15.2. The number of rotatable bonds is 10. The highest BCUT2D eigenvalue weighted by atomic mass is 31.2. The van der Waals surface area contributed by atoms with Crippen molar-refractivity contribution in [1.82, 2.24) is 10.3 Å². The fraction of sp³-hybridized carbons (Fsp3) is 0.462. The van der Waals surface area contributed by atoms with Crippen LogP contribution in [0.25, 0.3) is 0 Å². The third kappa shape index (κ3) is 7.16. The standard InChI is InChI=1S/C13H19N2O9P/c1-7-12(18)9(8(4-14-7)6-24-25(21,22)23)5-15-10(13(19)20)2-3-11(16)17/h4,10,15,18H,2-3,5-6H2,1H3,(H,16,17)(H,19,20)(H2,21,22,23)/t10-/m1/s1. The van der Waals surface area contributed by atoms with Crippen LogP contribution in [0.1, 0.15) is 29.7 Å². The molecule has 0 saturated heterocycles. The molecule has 0 unspecified atom stereocenters. The lowest BCUT2D eigenvalue weighted by Gasteiger charge is -2.17. The number of aryl methyl sites for hydroxylation is 1. The Labute approximate surface area is 142 Å². The first-order chi connectivity index (χ1) is 11.5. The Morgan fingerprint density at radius 1 is 1.36 bits per heavy atom. The van der Waals surface area contributed by atoms with E-state index in [1.807, 2.05) is 0 Å². The van der Waals surface area contributed by atoms with Crippen LogP contribution < -0.4 is 5.32 Å². The average molecular weight is 378 g/mol. The summed E-state index contributed by atoms with van der Waals surface area (Å²) in [6.45, 7) is 0.756. The third-order valence-corrected chi connectivity index (χ3v) is 3.75. The van der Waals surface area contributed by atoms with Crippen molar-refractivity contribution in [3.8, 4) is 5.75 Å². The molecule has 1 aromatic rings. The number of hydrogen-bond donors (Lipinski definition) is 6. The Hall–Kier alpha value is -2.04. The number of aliphatic carboxylic acids is 2. The summed E-state index contributed by atoms with van der Waals surface area (Å²) in [6, 6.07) is -1.18. The first-order valence-corrected chi connectivity index (χ1v) is 8.58. The number of phosphoric ester groups is 1. The summed E-state index contributed by atoms with van der Waals surface area (Å²) >= 11 is 0. The van der Waals surface area contributed by atoms with Gasteiger partial charge in [0.25, 0.3) is 0 Å². The van der Waals surface area contributed by atoms with Gasteiger partial charge < -0.3 is 30.4 Å². The van der Waals surface area contributed by atoms with Gasteiger partial charge in [0.2, 0.25) is 0 Å². The molecule has 1 heterocycles. The fourth-order valence-corrected chi connectivity index (χ4v) is 2.27. The van der Waals surface area contributed by atoms with Crippen molar-refractivity contribution >= 4 is 19.8 Å². The highest BCUT2D eigenvalue weighted by Gasteiger charge is 2.21. The van der Waals surface area contributed by atoms with E-state index in [0.717, 1.165) is 0 Å². The quantitative estimate of drug-likeness (QED) is 0.303. The Balaban J connectivity index is 2.94. The number of hydrogen-bond acceptors (Lipinski definition) is 7. The SMILES string of the molecule is Cc1ncc(COP(=O)(O)O)c(CN[C@H](CCC(=O)O)C(=O)O)c1O. The zero-order valence-corrected chi connectivity index (χ0v) is 14.1. The summed E-state index contributed by atoms with van der Waals surface area (Å²) in [7, 11) is -4.74. The maximum absolute atomic E-state index is 11.2. The van der Waals surface area contributed by atoms with Crippen molar-refractivity contribution in [2.75, 3.05) is 0 Å². The molecule has 1 aromatic heterocycles. The summed E-state index contributed by atoms with van der Waals surface area (Å²) in [4.78, 5) is 43.1. The molecule has 140 valence electrons. The number of aromatic hydroxyl groups is 1. The van der Waals surface area contributed by atoms with Crippen molar-refractivity contribution in [1.29, 1.82) is 0 Å². The summed E-state index contributed by atoms with van der Waals surface area (Å²) in [6.07, 6.45) is 0.706. The van der Waals surface area contributed by atoms with Crippen molar-refractivity contribution in [2.24, 2.45) is 0 Å². The minimum Gasteiger partial charge on any atom is -0.506 e. The number of nitrogens with one attached hydrogen (secondary N) is 1. The Morgan fingerprint density at radius 2 is 2.00 bits per heavy atom. The van der Waals surface area contributed by atoms with Crippen LogP contribution in [0, 0.1) is 6.92 Å². The number of nitrogens with zero attached hydrogens (tertiary/aromatic N) is 1. The number of carboxylic acids is 2. The lowest BCUT2D eigenvalue weighted by molar-refractivity contribution is -0.140. The monoisotopic (exact) mass is 378 g/mol. The van der Waals surface area contributed by atoms with Gasteiger partial charge in [-0.2, -0.15) is 0 Å². The maximum atomic E-state index is 11.2. The topological polar surface area (TPSA) is 187 Å². The van der Waals surface area contributed by atoms with Gasteiger partial charge in [0.15, 0.2) is 0 Å². The van der Waals surface area contributed by atoms with E-state index in [4.69, 9.17) is 20.0 Å². The molecule has 25 heavy (non-hydrogen) atoms. The van der Waals surface area contributed by atoms with Crippen LogP contribution in [0.3, 0.4) is 0 Å². The van der Waals surface area contributed by atoms with E-state index in [0.29, 0.717) is 0 Å². The predicted molar refractivity (Wildman–Crippen MR) is 82.6 cm³/mol. The average Bonchev–Trinajstić information content (AvgIpc) is 2.48. The van der Waals surface area contributed by atoms with Gasteiger partial charge >= 0.3 is 19.8 Å². The third-order valence-electron chi connectivity index (χ3n) is 3.29. The zero-order valence-electron chi connectivity index (χ0n) is 13.2. The van der Waals surface area contributed by atoms with Gasteiger partial charge in [0, 0.05) is 30.3 Å². The molecule has 1 rings (SSSR count). The molecular formula is C13H19N2O9P. The van der Waals surface area contributed by atoms with Crippen LogP contribution in [-0.2, 0) is 31.8 Å². The van der Waals surface area contributed by atoms with Gasteiger partial charge in [-0.3, -0.25) is 19.1 Å². The van der Waals surface area contributed by atoms with Crippen molar-refractivity contribution in [3.63, 3.8) is 0 Å². The Kier molecular flexibility index (Phi) is 7.46. The van der Waals surface area contributed by atoms with Crippen molar-refractivity contribution < 1.29 is 43.8 Å². The van der Waals surface area contributed by atoms with E-state index in [9.17, 15) is 19.3 Å². The van der Waals surface area contributed by atoms with Crippen LogP contribution in [0.5, 0.6) is 5.75 Å². The molecule has 0 aliphatic rings. The normalized spacial score (nSPS) is 12.8. The van der Waals surface area contributed by atoms with E-state index in [2.05, 4.69) is 14.8 Å². The molecule has 6 N–H and O–H groups in total. The molecule has 0 amide bonds. The number of phosphoric acid groups is 1. The number of aromatic nitrogens is 1. The van der Waals surface area contributed by atoms with E-state index in [1.54, 1.807) is 0 Å². The molecule has 0 aliphatic carbocycles. The minimum atomic E-state index is -4.74. The van der Waals surface area contributed by atoms with E-state index in [-0.39, 0.29) is 42.0 Å². The molecule has 0 aromatic carbocycles. The van der Waals surface area contributed by atoms with Crippen LogP contribution in [0.15, 0.2) is 6.20 Å². The largest absolute Gasteiger partial charge is 0.506 e. The van der Waals surface area contributed by atoms with Gasteiger partial charge in [0.1, 0.15) is 11.8 Å². The number of pyridine rings is 1. The smallest absolute Gasteiger partial charge is 0.469 e. The van der Waals surface area contributed by atoms with Gasteiger partial charge in [-0.25, -0.2) is 4.57 Å². The van der Waals surface area contributed by atoms with Crippen LogP contribution in [0.4, 0.5) is 0 Å². The van der Waals surface area contributed by atoms with Gasteiger partial charge in [-0.05, 0) is 13.3 Å². The van der Waals surface area contributed by atoms with Crippen LogP contribution in [0.2, 0.25) is 0 Å². The van der Waals surface area contributed by atoms with Crippen molar-refractivity contribution in [3.05, 3.63) is 23.0 Å². The molecule has 0 aliphatic heterocycles. The molecule has 0 spiro atoms. The first kappa shape index (κ1) is 21.0. The maximum Gasteiger partial charge on any atom is 0.469 e. The molecular weight excluding hydrogens is 359 g/mol. The summed E-state index contributed by atoms with van der Waals surface area (Å²) in [5.74, 6) is -2.69. The molecule has 0 saturated carbocycles. The zero-order chi connectivity index (χ0) is 19.2. The van der Waals surface area contributed by atoms with E-state index < -0.39 is 32.4 Å². The van der Waals surface area contributed by atoms with Crippen LogP contribution in [-0.4, -0.2) is 48.1 Å². The van der Waals surface area contributed by atoms with Gasteiger partial charge in [0.05, 0.1) is 12.3 Å². The first-order valence-electron chi connectivity index (χ1n) is 7.05. The lowest BCUT2D eigenvalue weighted by atomic mass is 10.1.